The van der Waals surface area contributed by atoms with E-state index in [1.54, 1.807) is 18.3 Å². The molecule has 1 aromatic heterocycles. The van der Waals surface area contributed by atoms with E-state index in [-0.39, 0.29) is 11.1 Å². The van der Waals surface area contributed by atoms with Crippen molar-refractivity contribution in [2.24, 2.45) is 5.73 Å². The maximum atomic E-state index is 10.2. The quantitative estimate of drug-likeness (QED) is 0.697. The first-order chi connectivity index (χ1) is 10.1. The fourth-order valence-corrected chi connectivity index (χ4v) is 2.34. The van der Waals surface area contributed by atoms with Gasteiger partial charge in [-0.2, -0.15) is 0 Å². The standard InChI is InChI=1S/C13H29N.C5H5NO/c1-4-7-10-13(14,11-8-5-2)12-9-6-3;7-5-3-1-2-4-6-5/h4-12,14H2,1-3H3;1-4H,(H,6,7). The second-order valence-electron chi connectivity index (χ2n) is 5.90. The summed E-state index contributed by atoms with van der Waals surface area (Å²) in [5, 5.41) is 0. The molecule has 122 valence electrons. The average Bonchev–Trinajstić information content (AvgIpc) is 2.51. The van der Waals surface area contributed by atoms with Crippen LogP contribution >= 0.6 is 0 Å². The molecule has 1 aromatic rings. The zero-order chi connectivity index (χ0) is 16.0. The maximum absolute atomic E-state index is 10.2. The second kappa shape index (κ2) is 12.6. The van der Waals surface area contributed by atoms with E-state index in [9.17, 15) is 4.79 Å². The van der Waals surface area contributed by atoms with Crippen molar-refractivity contribution in [3.05, 3.63) is 34.7 Å². The van der Waals surface area contributed by atoms with Crippen LogP contribution in [-0.4, -0.2) is 10.5 Å². The highest BCUT2D eigenvalue weighted by molar-refractivity contribution is 4.89. The third-order valence-corrected chi connectivity index (χ3v) is 3.77. The van der Waals surface area contributed by atoms with Gasteiger partial charge in [0.05, 0.1) is 0 Å². The number of pyridine rings is 1. The lowest BCUT2D eigenvalue weighted by Crippen LogP contribution is -2.39. The van der Waals surface area contributed by atoms with Crippen LogP contribution < -0.4 is 11.3 Å². The molecule has 3 heteroatoms. The van der Waals surface area contributed by atoms with Crippen molar-refractivity contribution in [1.82, 2.24) is 4.98 Å². The first-order valence-electron chi connectivity index (χ1n) is 8.50. The predicted molar refractivity (Wildman–Crippen MR) is 92.6 cm³/mol. The van der Waals surface area contributed by atoms with Crippen molar-refractivity contribution >= 4 is 0 Å². The van der Waals surface area contributed by atoms with Crippen LogP contribution in [0.3, 0.4) is 0 Å². The third-order valence-electron chi connectivity index (χ3n) is 3.77. The molecule has 0 aliphatic rings. The molecule has 0 bridgehead atoms. The summed E-state index contributed by atoms with van der Waals surface area (Å²) in [5.74, 6) is 0. The zero-order valence-corrected chi connectivity index (χ0v) is 14.2. The van der Waals surface area contributed by atoms with Crippen molar-refractivity contribution in [2.75, 3.05) is 0 Å². The van der Waals surface area contributed by atoms with Gasteiger partial charge in [-0.25, -0.2) is 0 Å². The Morgan fingerprint density at radius 3 is 1.67 bits per heavy atom. The smallest absolute Gasteiger partial charge is 0.247 e. The molecular formula is C18H34N2O. The molecule has 3 N–H and O–H groups in total. The summed E-state index contributed by atoms with van der Waals surface area (Å²) in [6.07, 6.45) is 13.0. The molecule has 0 saturated heterocycles. The minimum atomic E-state index is -0.0532. The number of hydrogen-bond acceptors (Lipinski definition) is 2. The fraction of sp³-hybridized carbons (Fsp3) is 0.722. The van der Waals surface area contributed by atoms with E-state index in [1.807, 2.05) is 0 Å². The molecule has 0 unspecified atom stereocenters. The lowest BCUT2D eigenvalue weighted by Gasteiger charge is -2.29. The van der Waals surface area contributed by atoms with Crippen LogP contribution in [0, 0.1) is 0 Å². The summed E-state index contributed by atoms with van der Waals surface area (Å²) in [6, 6.07) is 4.93. The molecule has 0 atom stereocenters. The van der Waals surface area contributed by atoms with E-state index in [0.29, 0.717) is 0 Å². The molecule has 0 amide bonds. The van der Waals surface area contributed by atoms with E-state index in [2.05, 4.69) is 25.8 Å². The topological polar surface area (TPSA) is 58.9 Å². The van der Waals surface area contributed by atoms with E-state index < -0.39 is 0 Å². The van der Waals surface area contributed by atoms with Crippen LogP contribution in [0.15, 0.2) is 29.2 Å². The second-order valence-corrected chi connectivity index (χ2v) is 5.90. The number of unbranched alkanes of at least 4 members (excludes halogenated alkanes) is 3. The highest BCUT2D eigenvalue weighted by Gasteiger charge is 2.22. The lowest BCUT2D eigenvalue weighted by molar-refractivity contribution is 0.313. The monoisotopic (exact) mass is 294 g/mol. The molecular weight excluding hydrogens is 260 g/mol. The van der Waals surface area contributed by atoms with Crippen molar-refractivity contribution < 1.29 is 0 Å². The van der Waals surface area contributed by atoms with Gasteiger partial charge in [-0.15, -0.1) is 0 Å². The largest absolute Gasteiger partial charge is 0.329 e. The van der Waals surface area contributed by atoms with Crippen LogP contribution in [0.25, 0.3) is 0 Å². The predicted octanol–water partition coefficient (Wildman–Crippen LogP) is 4.63. The fourth-order valence-electron chi connectivity index (χ4n) is 2.34. The Bertz CT molecular complexity index is 348. The number of aromatic nitrogens is 1. The van der Waals surface area contributed by atoms with Gasteiger partial charge in [0.2, 0.25) is 5.56 Å². The van der Waals surface area contributed by atoms with E-state index in [4.69, 9.17) is 5.73 Å². The van der Waals surface area contributed by atoms with Gasteiger partial charge < -0.3 is 10.7 Å². The number of H-pyrrole nitrogens is 1. The molecule has 0 spiro atoms. The van der Waals surface area contributed by atoms with Crippen molar-refractivity contribution in [1.29, 1.82) is 0 Å². The van der Waals surface area contributed by atoms with Gasteiger partial charge in [0.15, 0.2) is 0 Å². The summed E-state index contributed by atoms with van der Waals surface area (Å²) < 4.78 is 0. The molecule has 0 fully saturated rings. The summed E-state index contributed by atoms with van der Waals surface area (Å²) in [5.41, 5.74) is 6.56. The number of nitrogens with one attached hydrogen (secondary N) is 1. The molecule has 1 rings (SSSR count). The number of rotatable bonds is 9. The Kier molecular flexibility index (Phi) is 12.0. The van der Waals surface area contributed by atoms with Crippen LogP contribution in [0.1, 0.15) is 78.6 Å². The Morgan fingerprint density at radius 1 is 0.952 bits per heavy atom. The summed E-state index contributed by atoms with van der Waals surface area (Å²) in [7, 11) is 0. The highest BCUT2D eigenvalue weighted by Crippen LogP contribution is 2.24. The van der Waals surface area contributed by atoms with Gasteiger partial charge in [0.1, 0.15) is 0 Å². The first kappa shape index (κ1) is 19.9. The van der Waals surface area contributed by atoms with E-state index in [0.717, 1.165) is 0 Å². The summed E-state index contributed by atoms with van der Waals surface area (Å²) in [6.45, 7) is 6.75. The Morgan fingerprint density at radius 2 is 1.43 bits per heavy atom. The molecule has 0 aromatic carbocycles. The molecule has 0 radical (unpaired) electrons. The Balaban J connectivity index is 0.000000471. The van der Waals surface area contributed by atoms with Crippen molar-refractivity contribution in [2.45, 2.75) is 84.1 Å². The van der Waals surface area contributed by atoms with E-state index in [1.165, 1.54) is 63.9 Å². The molecule has 0 saturated carbocycles. The summed E-state index contributed by atoms with van der Waals surface area (Å²) >= 11 is 0. The number of aromatic amines is 1. The molecule has 3 nitrogen and oxygen atoms in total. The van der Waals surface area contributed by atoms with Crippen LogP contribution in [0.5, 0.6) is 0 Å². The third kappa shape index (κ3) is 11.3. The molecule has 0 aliphatic heterocycles. The molecule has 0 aliphatic carbocycles. The number of hydrogen-bond donors (Lipinski definition) is 2. The van der Waals surface area contributed by atoms with Crippen molar-refractivity contribution in [3.8, 4) is 0 Å². The maximum Gasteiger partial charge on any atom is 0.247 e. The van der Waals surface area contributed by atoms with Gasteiger partial charge in [0, 0.05) is 17.8 Å². The van der Waals surface area contributed by atoms with Gasteiger partial charge in [-0.1, -0.05) is 65.4 Å². The normalized spacial score (nSPS) is 10.9. The SMILES string of the molecule is CCCCC(N)(CCCC)CCCC.O=c1cccc[nH]1. The Hall–Kier alpha value is -1.09. The lowest BCUT2D eigenvalue weighted by atomic mass is 9.84. The first-order valence-corrected chi connectivity index (χ1v) is 8.50. The van der Waals surface area contributed by atoms with Gasteiger partial charge >= 0.3 is 0 Å². The molecule has 21 heavy (non-hydrogen) atoms. The zero-order valence-electron chi connectivity index (χ0n) is 14.2. The van der Waals surface area contributed by atoms with Crippen LogP contribution in [0.2, 0.25) is 0 Å². The van der Waals surface area contributed by atoms with Gasteiger partial charge in [0.25, 0.3) is 0 Å². The van der Waals surface area contributed by atoms with Crippen LogP contribution in [0.4, 0.5) is 0 Å². The van der Waals surface area contributed by atoms with Crippen LogP contribution in [-0.2, 0) is 0 Å². The Labute approximate surface area is 130 Å². The minimum Gasteiger partial charge on any atom is -0.329 e. The van der Waals surface area contributed by atoms with Gasteiger partial charge in [-0.05, 0) is 25.3 Å². The minimum absolute atomic E-state index is 0.0532. The number of nitrogens with two attached hydrogens (primary N) is 1. The van der Waals surface area contributed by atoms with E-state index >= 15 is 0 Å². The summed E-state index contributed by atoms with van der Waals surface area (Å²) in [4.78, 5) is 12.7. The average molecular weight is 294 g/mol. The van der Waals surface area contributed by atoms with Crippen molar-refractivity contribution in [3.63, 3.8) is 0 Å². The van der Waals surface area contributed by atoms with Gasteiger partial charge in [-0.3, -0.25) is 4.79 Å². The highest BCUT2D eigenvalue weighted by atomic mass is 16.1. The molecule has 1 heterocycles.